The normalized spacial score (nSPS) is 23.7. The molecule has 4 heteroatoms. The van der Waals surface area contributed by atoms with Gasteiger partial charge >= 0.3 is 5.97 Å². The summed E-state index contributed by atoms with van der Waals surface area (Å²) >= 11 is 3.36. The Kier molecular flexibility index (Phi) is 3.30. The van der Waals surface area contributed by atoms with Gasteiger partial charge in [0.05, 0.1) is 19.1 Å². The van der Waals surface area contributed by atoms with Crippen molar-refractivity contribution in [2.24, 2.45) is 5.92 Å². The van der Waals surface area contributed by atoms with Gasteiger partial charge in [-0.25, -0.2) is 0 Å². The van der Waals surface area contributed by atoms with E-state index >= 15 is 0 Å². The molecule has 1 aliphatic carbocycles. The van der Waals surface area contributed by atoms with Crippen molar-refractivity contribution in [1.82, 2.24) is 0 Å². The van der Waals surface area contributed by atoms with E-state index in [1.807, 2.05) is 18.2 Å². The molecule has 0 radical (unpaired) electrons. The lowest BCUT2D eigenvalue weighted by molar-refractivity contribution is -0.150. The summed E-state index contributed by atoms with van der Waals surface area (Å²) in [6.07, 6.45) is 0.691. The second-order valence-corrected chi connectivity index (χ2v) is 4.87. The minimum atomic E-state index is -0.756. The van der Waals surface area contributed by atoms with Crippen LogP contribution in [0.3, 0.4) is 0 Å². The fourth-order valence-corrected chi connectivity index (χ4v) is 2.53. The summed E-state index contributed by atoms with van der Waals surface area (Å²) in [7, 11) is 1.35. The SMILES string of the molecule is COC(=O)C1CCc2ccc(Br)cc2C1O. The zero-order valence-corrected chi connectivity index (χ0v) is 10.5. The molecule has 2 unspecified atom stereocenters. The van der Waals surface area contributed by atoms with Crippen molar-refractivity contribution < 1.29 is 14.6 Å². The van der Waals surface area contributed by atoms with Crippen LogP contribution in [0.5, 0.6) is 0 Å². The van der Waals surface area contributed by atoms with Crippen LogP contribution < -0.4 is 0 Å². The molecule has 16 heavy (non-hydrogen) atoms. The maximum Gasteiger partial charge on any atom is 0.311 e. The standard InChI is InChI=1S/C12H13BrO3/c1-16-12(15)9-5-3-7-2-4-8(13)6-10(7)11(9)14/h2,4,6,9,11,14H,3,5H2,1H3. The van der Waals surface area contributed by atoms with Crippen molar-refractivity contribution in [3.63, 3.8) is 0 Å². The van der Waals surface area contributed by atoms with Crippen LogP contribution in [0.15, 0.2) is 22.7 Å². The molecule has 2 atom stereocenters. The number of hydrogen-bond acceptors (Lipinski definition) is 3. The molecule has 0 aromatic heterocycles. The Morgan fingerprint density at radius 3 is 3.00 bits per heavy atom. The van der Waals surface area contributed by atoms with Crippen molar-refractivity contribution in [2.75, 3.05) is 7.11 Å². The van der Waals surface area contributed by atoms with E-state index in [9.17, 15) is 9.90 Å². The molecule has 1 aromatic carbocycles. The van der Waals surface area contributed by atoms with Gasteiger partial charge in [-0.15, -0.1) is 0 Å². The van der Waals surface area contributed by atoms with E-state index in [4.69, 9.17) is 4.74 Å². The van der Waals surface area contributed by atoms with E-state index < -0.39 is 12.0 Å². The number of halogens is 1. The van der Waals surface area contributed by atoms with Gasteiger partial charge in [0, 0.05) is 4.47 Å². The van der Waals surface area contributed by atoms with E-state index in [1.54, 1.807) is 0 Å². The van der Waals surface area contributed by atoms with E-state index in [2.05, 4.69) is 15.9 Å². The molecule has 0 amide bonds. The summed E-state index contributed by atoms with van der Waals surface area (Å²) in [5.41, 5.74) is 1.94. The van der Waals surface area contributed by atoms with Crippen LogP contribution in [-0.4, -0.2) is 18.2 Å². The van der Waals surface area contributed by atoms with Crippen LogP contribution in [0.1, 0.15) is 23.7 Å². The number of methoxy groups -OCH3 is 1. The number of fused-ring (bicyclic) bond motifs is 1. The number of aliphatic hydroxyl groups excluding tert-OH is 1. The van der Waals surface area contributed by atoms with Crippen molar-refractivity contribution in [3.8, 4) is 0 Å². The van der Waals surface area contributed by atoms with E-state index in [-0.39, 0.29) is 5.97 Å². The second-order valence-electron chi connectivity index (χ2n) is 3.96. The minimum absolute atomic E-state index is 0.335. The summed E-state index contributed by atoms with van der Waals surface area (Å²) in [6.45, 7) is 0. The number of carbonyl (C=O) groups excluding carboxylic acids is 1. The summed E-state index contributed by atoms with van der Waals surface area (Å²) in [4.78, 5) is 11.5. The molecular weight excluding hydrogens is 272 g/mol. The highest BCUT2D eigenvalue weighted by Gasteiger charge is 2.33. The largest absolute Gasteiger partial charge is 0.469 e. The highest BCUT2D eigenvalue weighted by molar-refractivity contribution is 9.10. The molecule has 1 aromatic rings. The Morgan fingerprint density at radius 1 is 1.56 bits per heavy atom. The van der Waals surface area contributed by atoms with Crippen LogP contribution in [0.25, 0.3) is 0 Å². The monoisotopic (exact) mass is 284 g/mol. The maximum absolute atomic E-state index is 11.5. The molecule has 0 fully saturated rings. The van der Waals surface area contributed by atoms with Gasteiger partial charge in [-0.1, -0.05) is 22.0 Å². The van der Waals surface area contributed by atoms with Crippen molar-refractivity contribution in [2.45, 2.75) is 18.9 Å². The van der Waals surface area contributed by atoms with Gasteiger partial charge in [0.25, 0.3) is 0 Å². The fraction of sp³-hybridized carbons (Fsp3) is 0.417. The van der Waals surface area contributed by atoms with Crippen LogP contribution in [0, 0.1) is 5.92 Å². The Bertz CT molecular complexity index is 417. The first-order valence-corrected chi connectivity index (χ1v) is 5.97. The number of ether oxygens (including phenoxy) is 1. The average Bonchev–Trinajstić information content (AvgIpc) is 2.29. The van der Waals surface area contributed by atoms with E-state index in [0.717, 1.165) is 22.0 Å². The number of rotatable bonds is 1. The summed E-state index contributed by atoms with van der Waals surface area (Å²) in [5.74, 6) is -0.773. The third kappa shape index (κ3) is 1.99. The topological polar surface area (TPSA) is 46.5 Å². The molecule has 1 N–H and O–H groups in total. The lowest BCUT2D eigenvalue weighted by atomic mass is 9.81. The summed E-state index contributed by atoms with van der Waals surface area (Å²) < 4.78 is 5.61. The van der Waals surface area contributed by atoms with Crippen LogP contribution in [0.4, 0.5) is 0 Å². The number of aliphatic hydroxyl groups is 1. The number of esters is 1. The van der Waals surface area contributed by atoms with E-state index in [1.165, 1.54) is 7.11 Å². The number of hydrogen-bond donors (Lipinski definition) is 1. The Labute approximate surface area is 103 Å². The van der Waals surface area contributed by atoms with Gasteiger partial charge < -0.3 is 9.84 Å². The third-order valence-electron chi connectivity index (χ3n) is 3.04. The number of carbonyl (C=O) groups is 1. The van der Waals surface area contributed by atoms with Gasteiger partial charge in [-0.05, 0) is 36.1 Å². The van der Waals surface area contributed by atoms with Crippen molar-refractivity contribution in [3.05, 3.63) is 33.8 Å². The lowest BCUT2D eigenvalue weighted by Gasteiger charge is -2.28. The second kappa shape index (κ2) is 4.55. The summed E-state index contributed by atoms with van der Waals surface area (Å²) in [6, 6.07) is 5.80. The van der Waals surface area contributed by atoms with Crippen LogP contribution in [0.2, 0.25) is 0 Å². The molecule has 0 bridgehead atoms. The highest BCUT2D eigenvalue weighted by Crippen LogP contribution is 2.36. The molecule has 3 nitrogen and oxygen atoms in total. The molecule has 86 valence electrons. The first-order valence-electron chi connectivity index (χ1n) is 5.17. The van der Waals surface area contributed by atoms with Crippen LogP contribution >= 0.6 is 15.9 Å². The van der Waals surface area contributed by atoms with E-state index in [0.29, 0.717) is 6.42 Å². The molecule has 0 saturated carbocycles. The maximum atomic E-state index is 11.5. The Balaban J connectivity index is 2.34. The molecule has 0 saturated heterocycles. The predicted octanol–water partition coefficient (Wildman–Crippen LogP) is 2.22. The minimum Gasteiger partial charge on any atom is -0.469 e. The first kappa shape index (κ1) is 11.6. The van der Waals surface area contributed by atoms with Gasteiger partial charge in [-0.2, -0.15) is 0 Å². The third-order valence-corrected chi connectivity index (χ3v) is 3.53. The molecular formula is C12H13BrO3. The summed E-state index contributed by atoms with van der Waals surface area (Å²) in [5, 5.41) is 10.1. The fourth-order valence-electron chi connectivity index (χ4n) is 2.15. The zero-order valence-electron chi connectivity index (χ0n) is 8.94. The molecule has 0 heterocycles. The first-order chi connectivity index (χ1) is 7.63. The van der Waals surface area contributed by atoms with Crippen molar-refractivity contribution in [1.29, 1.82) is 0 Å². The van der Waals surface area contributed by atoms with Gasteiger partial charge in [0.15, 0.2) is 0 Å². The smallest absolute Gasteiger partial charge is 0.311 e. The zero-order chi connectivity index (χ0) is 11.7. The number of aryl methyl sites for hydroxylation is 1. The molecule has 2 rings (SSSR count). The molecule has 0 spiro atoms. The highest BCUT2D eigenvalue weighted by atomic mass is 79.9. The van der Waals surface area contributed by atoms with Gasteiger partial charge in [0.2, 0.25) is 0 Å². The van der Waals surface area contributed by atoms with Crippen molar-refractivity contribution >= 4 is 21.9 Å². The Morgan fingerprint density at radius 2 is 2.31 bits per heavy atom. The predicted molar refractivity (Wildman–Crippen MR) is 62.9 cm³/mol. The van der Waals surface area contributed by atoms with Gasteiger partial charge in [0.1, 0.15) is 0 Å². The average molecular weight is 285 g/mol. The molecule has 1 aliphatic rings. The van der Waals surface area contributed by atoms with Crippen LogP contribution in [-0.2, 0) is 16.0 Å². The Hall–Kier alpha value is -0.870. The number of benzene rings is 1. The molecule has 0 aliphatic heterocycles. The van der Waals surface area contributed by atoms with Gasteiger partial charge in [-0.3, -0.25) is 4.79 Å². The quantitative estimate of drug-likeness (QED) is 0.805. The lowest BCUT2D eigenvalue weighted by Crippen LogP contribution is -2.28.